The van der Waals surface area contributed by atoms with E-state index in [9.17, 15) is 9.59 Å². The summed E-state index contributed by atoms with van der Waals surface area (Å²) >= 11 is 2.58. The first-order valence-electron chi connectivity index (χ1n) is 9.75. The van der Waals surface area contributed by atoms with E-state index in [-0.39, 0.29) is 11.1 Å². The van der Waals surface area contributed by atoms with Gasteiger partial charge in [-0.2, -0.15) is 5.10 Å². The van der Waals surface area contributed by atoms with Crippen LogP contribution in [0, 0.1) is 0 Å². The zero-order chi connectivity index (χ0) is 22.5. The van der Waals surface area contributed by atoms with Crippen LogP contribution in [-0.4, -0.2) is 41.8 Å². The van der Waals surface area contributed by atoms with E-state index in [1.54, 1.807) is 20.3 Å². The van der Waals surface area contributed by atoms with Crippen molar-refractivity contribution in [2.75, 3.05) is 25.3 Å². The summed E-state index contributed by atoms with van der Waals surface area (Å²) in [4.78, 5) is 25.4. The predicted octanol–water partition coefficient (Wildman–Crippen LogP) is 5.09. The Bertz CT molecular complexity index is 1160. The zero-order valence-electron chi connectivity index (χ0n) is 17.5. The Hall–Kier alpha value is -3.30. The van der Waals surface area contributed by atoms with E-state index >= 15 is 0 Å². The maximum absolute atomic E-state index is 12.5. The van der Waals surface area contributed by atoms with Gasteiger partial charge in [-0.05, 0) is 47.3 Å². The van der Waals surface area contributed by atoms with Gasteiger partial charge in [0.1, 0.15) is 0 Å². The fraction of sp³-hybridized carbons (Fsp3) is 0.174. The summed E-state index contributed by atoms with van der Waals surface area (Å²) in [6, 6.07) is 16.6. The number of amides is 2. The van der Waals surface area contributed by atoms with Crippen LogP contribution >= 0.6 is 23.1 Å². The molecule has 1 N–H and O–H groups in total. The Labute approximate surface area is 194 Å². The molecule has 4 rings (SSSR count). The first-order chi connectivity index (χ1) is 15.6. The Morgan fingerprint density at radius 2 is 1.94 bits per heavy atom. The second-order valence-corrected chi connectivity index (χ2v) is 8.73. The predicted molar refractivity (Wildman–Crippen MR) is 128 cm³/mol. The lowest BCUT2D eigenvalue weighted by Gasteiger charge is -2.23. The number of anilines is 1. The molecule has 0 unspecified atom stereocenters. The lowest BCUT2D eigenvalue weighted by Crippen LogP contribution is -2.29. The molecule has 0 spiro atoms. The van der Waals surface area contributed by atoms with Crippen molar-refractivity contribution in [3.8, 4) is 11.5 Å². The quantitative estimate of drug-likeness (QED) is 0.524. The summed E-state index contributed by atoms with van der Waals surface area (Å²) in [6.07, 6.45) is 0. The van der Waals surface area contributed by atoms with E-state index < -0.39 is 0 Å². The minimum atomic E-state index is -0.157. The maximum Gasteiger partial charge on any atom is 0.302 e. The van der Waals surface area contributed by atoms with Crippen molar-refractivity contribution in [1.82, 2.24) is 5.01 Å². The molecule has 3 aromatic rings. The van der Waals surface area contributed by atoms with E-state index in [2.05, 4.69) is 10.4 Å². The number of nitrogens with zero attached hydrogens (tertiary/aromatic N) is 2. The highest BCUT2D eigenvalue weighted by Gasteiger charge is 2.23. The molecule has 1 aromatic heterocycles. The number of thiophene rings is 1. The summed E-state index contributed by atoms with van der Waals surface area (Å²) in [5.74, 6) is 1.56. The number of hydrogen-bond acceptors (Lipinski definition) is 7. The molecule has 2 aromatic carbocycles. The highest BCUT2D eigenvalue weighted by atomic mass is 32.2. The molecule has 0 fully saturated rings. The largest absolute Gasteiger partial charge is 0.493 e. The third-order valence-electron chi connectivity index (χ3n) is 4.76. The Morgan fingerprint density at radius 3 is 2.69 bits per heavy atom. The van der Waals surface area contributed by atoms with Crippen molar-refractivity contribution in [1.29, 1.82) is 0 Å². The van der Waals surface area contributed by atoms with Gasteiger partial charge in [0.15, 0.2) is 11.5 Å². The van der Waals surface area contributed by atoms with Crippen LogP contribution in [0.2, 0.25) is 0 Å². The first-order valence-corrected chi connectivity index (χ1v) is 11.6. The number of ether oxygens (including phenoxy) is 2. The van der Waals surface area contributed by atoms with Crippen LogP contribution in [0.15, 0.2) is 65.1 Å². The van der Waals surface area contributed by atoms with Crippen molar-refractivity contribution < 1.29 is 19.1 Å². The number of rotatable bonds is 7. The van der Waals surface area contributed by atoms with Gasteiger partial charge in [-0.3, -0.25) is 9.59 Å². The van der Waals surface area contributed by atoms with E-state index in [0.29, 0.717) is 34.4 Å². The number of methoxy groups -OCH3 is 2. The van der Waals surface area contributed by atoms with Crippen LogP contribution in [0.1, 0.15) is 20.8 Å². The van der Waals surface area contributed by atoms with Gasteiger partial charge in [0.25, 0.3) is 5.91 Å². The highest BCUT2D eigenvalue weighted by molar-refractivity contribution is 8.14. The van der Waals surface area contributed by atoms with Crippen molar-refractivity contribution in [2.24, 2.45) is 5.10 Å². The van der Waals surface area contributed by atoms with E-state index in [1.165, 1.54) is 28.1 Å². The van der Waals surface area contributed by atoms with Gasteiger partial charge in [0.2, 0.25) is 0 Å². The van der Waals surface area contributed by atoms with Crippen LogP contribution < -0.4 is 14.8 Å². The molecule has 2 heterocycles. The number of nitrogens with one attached hydrogen (secondary N) is 1. The maximum atomic E-state index is 12.5. The smallest absolute Gasteiger partial charge is 0.302 e. The topological polar surface area (TPSA) is 80.2 Å². The molecule has 1 aliphatic rings. The molecule has 0 bridgehead atoms. The van der Waals surface area contributed by atoms with Crippen LogP contribution in [0.3, 0.4) is 0 Å². The molecule has 0 radical (unpaired) electrons. The number of hydrogen-bond donors (Lipinski definition) is 1. The number of thioether (sulfide) groups is 1. The van der Waals surface area contributed by atoms with Crippen LogP contribution in [-0.2, 0) is 6.54 Å². The summed E-state index contributed by atoms with van der Waals surface area (Å²) in [5, 5.41) is 10.7. The van der Waals surface area contributed by atoms with Gasteiger partial charge in [-0.25, -0.2) is 5.01 Å². The fourth-order valence-electron chi connectivity index (χ4n) is 3.20. The zero-order valence-corrected chi connectivity index (χ0v) is 19.2. The van der Waals surface area contributed by atoms with Crippen molar-refractivity contribution in [3.63, 3.8) is 0 Å². The molecule has 1 aliphatic heterocycles. The lowest BCUT2D eigenvalue weighted by atomic mass is 10.1. The minimum Gasteiger partial charge on any atom is -0.493 e. The van der Waals surface area contributed by atoms with E-state index in [4.69, 9.17) is 9.47 Å². The molecular weight excluding hydrogens is 446 g/mol. The Kier molecular flexibility index (Phi) is 6.77. The van der Waals surface area contributed by atoms with Gasteiger partial charge < -0.3 is 14.8 Å². The number of benzene rings is 2. The lowest BCUT2D eigenvalue weighted by molar-refractivity contribution is 0.103. The van der Waals surface area contributed by atoms with E-state index in [1.807, 2.05) is 53.9 Å². The summed E-state index contributed by atoms with van der Waals surface area (Å²) in [7, 11) is 3.17. The SMILES string of the molecule is COc1ccc(C2=NN(Cc3cccc(NC(=O)c4cccs4)c3)C(=O)SC2)cc1OC. The van der Waals surface area contributed by atoms with Crippen molar-refractivity contribution in [2.45, 2.75) is 6.54 Å². The van der Waals surface area contributed by atoms with Gasteiger partial charge in [0, 0.05) is 17.0 Å². The van der Waals surface area contributed by atoms with Crippen molar-refractivity contribution >= 4 is 45.6 Å². The first kappa shape index (κ1) is 21.9. The molecule has 164 valence electrons. The molecule has 7 nitrogen and oxygen atoms in total. The molecule has 9 heteroatoms. The van der Waals surface area contributed by atoms with Gasteiger partial charge in [-0.1, -0.05) is 30.0 Å². The average molecular weight is 468 g/mol. The summed E-state index contributed by atoms with van der Waals surface area (Å²) in [6.45, 7) is 0.297. The Balaban J connectivity index is 1.52. The average Bonchev–Trinajstić information content (AvgIpc) is 3.35. The van der Waals surface area contributed by atoms with Crippen LogP contribution in [0.4, 0.5) is 10.5 Å². The molecule has 0 saturated heterocycles. The van der Waals surface area contributed by atoms with E-state index in [0.717, 1.165) is 16.8 Å². The monoisotopic (exact) mass is 467 g/mol. The van der Waals surface area contributed by atoms with Gasteiger partial charge in [-0.15, -0.1) is 11.3 Å². The number of hydrazone groups is 1. The van der Waals surface area contributed by atoms with Crippen molar-refractivity contribution in [3.05, 3.63) is 76.0 Å². The normalized spacial score (nSPS) is 13.5. The number of carbonyl (C=O) groups is 2. The second kappa shape index (κ2) is 9.88. The standard InChI is InChI=1S/C23H21N3O4S2/c1-29-19-9-8-16(12-20(19)30-2)18-14-32-23(28)26(25-18)13-15-5-3-6-17(11-15)24-22(27)21-7-4-10-31-21/h3-12H,13-14H2,1-2H3,(H,24,27). The van der Waals surface area contributed by atoms with Crippen LogP contribution in [0.5, 0.6) is 11.5 Å². The molecule has 0 atom stereocenters. The van der Waals surface area contributed by atoms with Gasteiger partial charge in [0.05, 0.1) is 31.4 Å². The molecular formula is C23H21N3O4S2. The number of carbonyl (C=O) groups excluding carboxylic acids is 2. The molecule has 0 aliphatic carbocycles. The minimum absolute atomic E-state index is 0.123. The Morgan fingerprint density at radius 1 is 1.09 bits per heavy atom. The molecule has 0 saturated carbocycles. The second-order valence-electron chi connectivity index (χ2n) is 6.86. The third-order valence-corrected chi connectivity index (χ3v) is 6.51. The van der Waals surface area contributed by atoms with Gasteiger partial charge >= 0.3 is 5.24 Å². The highest BCUT2D eigenvalue weighted by Crippen LogP contribution is 2.30. The summed E-state index contributed by atoms with van der Waals surface area (Å²) in [5.41, 5.74) is 3.17. The third kappa shape index (κ3) is 4.95. The van der Waals surface area contributed by atoms with Crippen LogP contribution in [0.25, 0.3) is 0 Å². The molecule has 2 amide bonds. The summed E-state index contributed by atoms with van der Waals surface area (Å²) < 4.78 is 10.7. The fourth-order valence-corrected chi connectivity index (χ4v) is 4.56. The molecule has 32 heavy (non-hydrogen) atoms.